The van der Waals surface area contributed by atoms with Crippen LogP contribution >= 0.6 is 11.6 Å². The molecule has 0 fully saturated rings. The summed E-state index contributed by atoms with van der Waals surface area (Å²) in [6, 6.07) is 13.4. The fraction of sp³-hybridized carbons (Fsp3) is 0.222. The van der Waals surface area contributed by atoms with E-state index in [-0.39, 0.29) is 16.8 Å². The minimum absolute atomic E-state index is 0.160. The smallest absolute Gasteiger partial charge is 0.322 e. The number of phenolic OH excluding ortho intramolecular Hbond substituents is 1. The van der Waals surface area contributed by atoms with Crippen LogP contribution in [0.25, 0.3) is 0 Å². The van der Waals surface area contributed by atoms with E-state index in [0.29, 0.717) is 29.9 Å². The Hall–Kier alpha value is -2.71. The second-order valence-corrected chi connectivity index (χ2v) is 5.69. The summed E-state index contributed by atoms with van der Waals surface area (Å²) in [7, 11) is 0. The summed E-state index contributed by atoms with van der Waals surface area (Å²) in [4.78, 5) is 14.1. The number of amides is 2. The van der Waals surface area contributed by atoms with Crippen molar-refractivity contribution >= 4 is 23.3 Å². The van der Waals surface area contributed by atoms with Crippen LogP contribution in [-0.4, -0.2) is 22.6 Å². The highest BCUT2D eigenvalue weighted by molar-refractivity contribution is 6.32. The van der Waals surface area contributed by atoms with Crippen LogP contribution in [0.1, 0.15) is 24.5 Å². The molecule has 0 unspecified atom stereocenters. The molecule has 6 heteroatoms. The van der Waals surface area contributed by atoms with Gasteiger partial charge in [0.1, 0.15) is 11.8 Å². The molecule has 2 amide bonds. The first-order valence-corrected chi connectivity index (χ1v) is 7.95. The average Bonchev–Trinajstić information content (AvgIpc) is 2.56. The third kappa shape index (κ3) is 4.40. The van der Waals surface area contributed by atoms with E-state index < -0.39 is 0 Å². The number of anilines is 1. The molecule has 24 heavy (non-hydrogen) atoms. The summed E-state index contributed by atoms with van der Waals surface area (Å²) in [6.45, 7) is 2.82. The molecule has 0 aliphatic rings. The molecular weight excluding hydrogens is 326 g/mol. The SMILES string of the molecule is CCCN(Cc1ccccc1O)C(=O)Nc1ccc(C#N)c(Cl)c1. The molecule has 0 aliphatic heterocycles. The average molecular weight is 344 g/mol. The van der Waals surface area contributed by atoms with Crippen molar-refractivity contribution in [2.45, 2.75) is 19.9 Å². The highest BCUT2D eigenvalue weighted by Crippen LogP contribution is 2.22. The number of hydrogen-bond donors (Lipinski definition) is 2. The van der Waals surface area contributed by atoms with Gasteiger partial charge in [0.25, 0.3) is 0 Å². The fourth-order valence-corrected chi connectivity index (χ4v) is 2.48. The molecular formula is C18H18ClN3O2. The largest absolute Gasteiger partial charge is 0.508 e. The van der Waals surface area contributed by atoms with E-state index in [0.717, 1.165) is 6.42 Å². The Balaban J connectivity index is 2.13. The van der Waals surface area contributed by atoms with Crippen molar-refractivity contribution in [1.29, 1.82) is 5.26 Å². The van der Waals surface area contributed by atoms with Gasteiger partial charge in [-0.3, -0.25) is 0 Å². The minimum Gasteiger partial charge on any atom is -0.508 e. The molecule has 0 heterocycles. The van der Waals surface area contributed by atoms with E-state index >= 15 is 0 Å². The summed E-state index contributed by atoms with van der Waals surface area (Å²) in [6.07, 6.45) is 0.787. The van der Waals surface area contributed by atoms with Gasteiger partial charge in [-0.05, 0) is 30.7 Å². The molecule has 0 aliphatic carbocycles. The molecule has 0 saturated heterocycles. The second kappa shape index (κ2) is 8.23. The van der Waals surface area contributed by atoms with Gasteiger partial charge in [0.15, 0.2) is 0 Å². The Bertz CT molecular complexity index is 771. The number of halogens is 1. The lowest BCUT2D eigenvalue weighted by Gasteiger charge is -2.23. The first-order chi connectivity index (χ1) is 11.5. The Labute approximate surface area is 146 Å². The third-order valence-corrected chi connectivity index (χ3v) is 3.79. The van der Waals surface area contributed by atoms with E-state index in [1.165, 1.54) is 0 Å². The van der Waals surface area contributed by atoms with E-state index in [1.54, 1.807) is 41.3 Å². The summed E-state index contributed by atoms with van der Waals surface area (Å²) in [5.41, 5.74) is 1.55. The van der Waals surface area contributed by atoms with Crippen molar-refractivity contribution in [3.63, 3.8) is 0 Å². The number of benzene rings is 2. The maximum Gasteiger partial charge on any atom is 0.322 e. The monoisotopic (exact) mass is 343 g/mol. The van der Waals surface area contributed by atoms with Gasteiger partial charge < -0.3 is 15.3 Å². The molecule has 0 bridgehead atoms. The normalized spacial score (nSPS) is 10.0. The number of aromatic hydroxyl groups is 1. The van der Waals surface area contributed by atoms with E-state index in [2.05, 4.69) is 5.32 Å². The molecule has 0 radical (unpaired) electrons. The number of hydrogen-bond acceptors (Lipinski definition) is 3. The van der Waals surface area contributed by atoms with E-state index in [4.69, 9.17) is 16.9 Å². The Morgan fingerprint density at radius 3 is 2.71 bits per heavy atom. The van der Waals surface area contributed by atoms with Crippen LogP contribution in [0.5, 0.6) is 5.75 Å². The first-order valence-electron chi connectivity index (χ1n) is 7.57. The van der Waals surface area contributed by atoms with Crippen molar-refractivity contribution < 1.29 is 9.90 Å². The number of nitriles is 1. The minimum atomic E-state index is -0.291. The quantitative estimate of drug-likeness (QED) is 0.846. The van der Waals surface area contributed by atoms with Gasteiger partial charge in [-0.15, -0.1) is 0 Å². The number of carbonyl (C=O) groups excluding carboxylic acids is 1. The lowest BCUT2D eigenvalue weighted by molar-refractivity contribution is 0.208. The van der Waals surface area contributed by atoms with Gasteiger partial charge in [-0.25, -0.2) is 4.79 Å². The molecule has 0 aromatic heterocycles. The Morgan fingerprint density at radius 2 is 2.08 bits per heavy atom. The molecule has 2 aromatic carbocycles. The van der Waals surface area contributed by atoms with Crippen LogP contribution in [0.15, 0.2) is 42.5 Å². The topological polar surface area (TPSA) is 76.4 Å². The molecule has 2 rings (SSSR count). The molecule has 0 spiro atoms. The van der Waals surface area contributed by atoms with Gasteiger partial charge in [-0.2, -0.15) is 5.26 Å². The summed E-state index contributed by atoms with van der Waals surface area (Å²) in [5, 5.41) is 21.8. The van der Waals surface area contributed by atoms with Crippen LogP contribution in [0.3, 0.4) is 0 Å². The zero-order valence-electron chi connectivity index (χ0n) is 13.3. The molecule has 2 aromatic rings. The van der Waals surface area contributed by atoms with Crippen LogP contribution in [0.4, 0.5) is 10.5 Å². The molecule has 5 nitrogen and oxygen atoms in total. The summed E-state index contributed by atoms with van der Waals surface area (Å²) in [5.74, 6) is 0.160. The molecule has 2 N–H and O–H groups in total. The van der Waals surface area contributed by atoms with Crippen molar-refractivity contribution in [3.05, 3.63) is 58.6 Å². The van der Waals surface area contributed by atoms with Crippen molar-refractivity contribution in [2.24, 2.45) is 0 Å². The predicted octanol–water partition coefficient (Wildman–Crippen LogP) is 4.36. The van der Waals surface area contributed by atoms with Crippen molar-refractivity contribution in [2.75, 3.05) is 11.9 Å². The van der Waals surface area contributed by atoms with Gasteiger partial charge in [-0.1, -0.05) is 36.7 Å². The Kier molecular flexibility index (Phi) is 6.05. The van der Waals surface area contributed by atoms with Crippen LogP contribution < -0.4 is 5.32 Å². The van der Waals surface area contributed by atoms with Crippen LogP contribution in [0, 0.1) is 11.3 Å². The van der Waals surface area contributed by atoms with Gasteiger partial charge in [0.2, 0.25) is 0 Å². The highest BCUT2D eigenvalue weighted by Gasteiger charge is 2.15. The van der Waals surface area contributed by atoms with Crippen molar-refractivity contribution in [1.82, 2.24) is 4.90 Å². The second-order valence-electron chi connectivity index (χ2n) is 5.29. The molecule has 0 saturated carbocycles. The summed E-state index contributed by atoms with van der Waals surface area (Å²) >= 11 is 5.98. The highest BCUT2D eigenvalue weighted by atomic mass is 35.5. The predicted molar refractivity (Wildman–Crippen MR) is 94.0 cm³/mol. The standard InChI is InChI=1S/C18H18ClN3O2/c1-2-9-22(12-14-5-3-4-6-17(14)23)18(24)21-15-8-7-13(11-20)16(19)10-15/h3-8,10,23H,2,9,12H2,1H3,(H,21,24). The van der Waals surface area contributed by atoms with Gasteiger partial charge >= 0.3 is 6.03 Å². The van der Waals surface area contributed by atoms with E-state index in [9.17, 15) is 9.90 Å². The molecule has 124 valence electrons. The zero-order chi connectivity index (χ0) is 17.5. The number of para-hydroxylation sites is 1. The lowest BCUT2D eigenvalue weighted by atomic mass is 10.2. The zero-order valence-corrected chi connectivity index (χ0v) is 14.0. The van der Waals surface area contributed by atoms with E-state index in [1.807, 2.05) is 19.1 Å². The van der Waals surface area contributed by atoms with Crippen LogP contribution in [-0.2, 0) is 6.54 Å². The maximum atomic E-state index is 12.5. The number of nitrogens with one attached hydrogen (secondary N) is 1. The number of rotatable bonds is 5. The summed E-state index contributed by atoms with van der Waals surface area (Å²) < 4.78 is 0. The Morgan fingerprint density at radius 1 is 1.33 bits per heavy atom. The van der Waals surface area contributed by atoms with Crippen molar-refractivity contribution in [3.8, 4) is 11.8 Å². The third-order valence-electron chi connectivity index (χ3n) is 3.47. The number of urea groups is 1. The number of phenols is 1. The van der Waals surface area contributed by atoms with Gasteiger partial charge in [0, 0.05) is 17.8 Å². The van der Waals surface area contributed by atoms with Gasteiger partial charge in [0.05, 0.1) is 17.1 Å². The number of nitrogens with zero attached hydrogens (tertiary/aromatic N) is 2. The number of carbonyl (C=O) groups is 1. The first kappa shape index (κ1) is 17.6. The fourth-order valence-electron chi connectivity index (χ4n) is 2.26. The van der Waals surface area contributed by atoms with Crippen LogP contribution in [0.2, 0.25) is 5.02 Å². The maximum absolute atomic E-state index is 12.5. The lowest BCUT2D eigenvalue weighted by Crippen LogP contribution is -2.35. The molecule has 0 atom stereocenters.